The first kappa shape index (κ1) is 19.8. The Balaban J connectivity index is 0.00000243. The molecule has 0 fully saturated rings. The van der Waals surface area contributed by atoms with E-state index in [1.807, 2.05) is 12.1 Å². The van der Waals surface area contributed by atoms with Crippen molar-refractivity contribution in [1.82, 2.24) is 10.6 Å². The molecular formula is C19H22ClN3O3. The van der Waals surface area contributed by atoms with Crippen LogP contribution in [0.25, 0.3) is 0 Å². The summed E-state index contributed by atoms with van der Waals surface area (Å²) in [6, 6.07) is 15.1. The lowest BCUT2D eigenvalue weighted by molar-refractivity contribution is -0.119. The average Bonchev–Trinajstić information content (AvgIpc) is 2.64. The molecule has 0 radical (unpaired) electrons. The summed E-state index contributed by atoms with van der Waals surface area (Å²) < 4.78 is 5.32. The zero-order chi connectivity index (χ0) is 17.6. The Bertz CT molecular complexity index is 782. The third-order valence-electron chi connectivity index (χ3n) is 4.18. The van der Waals surface area contributed by atoms with Gasteiger partial charge in [0.05, 0.1) is 5.56 Å². The molecule has 1 atom stereocenters. The lowest BCUT2D eigenvalue weighted by atomic mass is 9.94. The van der Waals surface area contributed by atoms with E-state index in [0.29, 0.717) is 17.9 Å². The normalized spacial score (nSPS) is 15.3. The van der Waals surface area contributed by atoms with E-state index in [1.54, 1.807) is 24.3 Å². The maximum absolute atomic E-state index is 12.5. The quantitative estimate of drug-likeness (QED) is 0.714. The number of carbonyl (C=O) groups excluding carboxylic acids is 2. The van der Waals surface area contributed by atoms with Crippen LogP contribution < -0.4 is 21.1 Å². The molecule has 1 unspecified atom stereocenters. The van der Waals surface area contributed by atoms with Crippen molar-refractivity contribution >= 4 is 24.2 Å². The second kappa shape index (κ2) is 9.22. The molecule has 0 aliphatic carbocycles. The summed E-state index contributed by atoms with van der Waals surface area (Å²) in [5.74, 6) is -0.487. The molecule has 0 aromatic heterocycles. The van der Waals surface area contributed by atoms with Crippen LogP contribution in [0.3, 0.4) is 0 Å². The molecule has 4 N–H and O–H groups in total. The number of nitrogens with two attached hydrogens (primary N) is 1. The highest BCUT2D eigenvalue weighted by atomic mass is 35.5. The van der Waals surface area contributed by atoms with Gasteiger partial charge in [0.1, 0.15) is 5.75 Å². The fourth-order valence-electron chi connectivity index (χ4n) is 2.99. The molecule has 7 heteroatoms. The van der Waals surface area contributed by atoms with Crippen molar-refractivity contribution in [3.05, 3.63) is 65.2 Å². The summed E-state index contributed by atoms with van der Waals surface area (Å²) in [7, 11) is 0. The van der Waals surface area contributed by atoms with Crippen molar-refractivity contribution in [2.75, 3.05) is 19.7 Å². The van der Waals surface area contributed by atoms with Crippen LogP contribution in [0.2, 0.25) is 0 Å². The van der Waals surface area contributed by atoms with Gasteiger partial charge in [0.15, 0.2) is 6.61 Å². The number of hydrogen-bond donors (Lipinski definition) is 3. The highest BCUT2D eigenvalue weighted by Crippen LogP contribution is 2.22. The predicted octanol–water partition coefficient (Wildman–Crippen LogP) is 1.59. The number of primary amides is 1. The summed E-state index contributed by atoms with van der Waals surface area (Å²) in [5, 5.41) is 6.37. The number of halogens is 1. The van der Waals surface area contributed by atoms with Gasteiger partial charge in [0.25, 0.3) is 11.8 Å². The number of benzene rings is 2. The van der Waals surface area contributed by atoms with Crippen molar-refractivity contribution < 1.29 is 14.3 Å². The van der Waals surface area contributed by atoms with Crippen molar-refractivity contribution in [1.29, 1.82) is 0 Å². The monoisotopic (exact) mass is 375 g/mol. The molecule has 2 aromatic rings. The molecule has 138 valence electrons. The number of hydrogen-bond acceptors (Lipinski definition) is 4. The van der Waals surface area contributed by atoms with Gasteiger partial charge in [-0.3, -0.25) is 9.59 Å². The van der Waals surface area contributed by atoms with Crippen molar-refractivity contribution in [3.63, 3.8) is 0 Å². The maximum atomic E-state index is 12.5. The zero-order valence-corrected chi connectivity index (χ0v) is 15.1. The van der Waals surface area contributed by atoms with Gasteiger partial charge < -0.3 is 21.1 Å². The Labute approximate surface area is 158 Å². The SMILES string of the molecule is Cl.NC(=O)COc1ccccc1C(=O)NCC1NCCc2ccccc21. The Kier molecular flexibility index (Phi) is 7.00. The van der Waals surface area contributed by atoms with Gasteiger partial charge in [-0.15, -0.1) is 12.4 Å². The highest BCUT2D eigenvalue weighted by Gasteiger charge is 2.20. The van der Waals surface area contributed by atoms with Gasteiger partial charge in [-0.2, -0.15) is 0 Å². The number of amides is 2. The minimum atomic E-state index is -0.585. The van der Waals surface area contributed by atoms with Crippen molar-refractivity contribution in [3.8, 4) is 5.75 Å². The highest BCUT2D eigenvalue weighted by molar-refractivity contribution is 5.97. The van der Waals surface area contributed by atoms with Crippen LogP contribution in [0, 0.1) is 0 Å². The zero-order valence-electron chi connectivity index (χ0n) is 14.2. The van der Waals surface area contributed by atoms with E-state index < -0.39 is 5.91 Å². The minimum Gasteiger partial charge on any atom is -0.483 e. The molecule has 26 heavy (non-hydrogen) atoms. The average molecular weight is 376 g/mol. The van der Waals surface area contributed by atoms with Crippen LogP contribution in [0.15, 0.2) is 48.5 Å². The fourth-order valence-corrected chi connectivity index (χ4v) is 2.99. The summed E-state index contributed by atoms with van der Waals surface area (Å²) in [6.45, 7) is 1.09. The van der Waals surface area contributed by atoms with Gasteiger partial charge in [-0.25, -0.2) is 0 Å². The van der Waals surface area contributed by atoms with E-state index in [4.69, 9.17) is 10.5 Å². The fraction of sp³-hybridized carbons (Fsp3) is 0.263. The Morgan fingerprint density at radius 3 is 2.69 bits per heavy atom. The van der Waals surface area contributed by atoms with Gasteiger partial charge >= 0.3 is 0 Å². The van der Waals surface area contributed by atoms with Crippen LogP contribution in [0.5, 0.6) is 5.75 Å². The minimum absolute atomic E-state index is 0. The third kappa shape index (κ3) is 4.74. The van der Waals surface area contributed by atoms with Crippen LogP contribution >= 0.6 is 12.4 Å². The number of nitrogens with one attached hydrogen (secondary N) is 2. The number of para-hydroxylation sites is 1. The summed E-state index contributed by atoms with van der Waals surface area (Å²) in [4.78, 5) is 23.4. The molecule has 6 nitrogen and oxygen atoms in total. The molecule has 2 amide bonds. The van der Waals surface area contributed by atoms with E-state index in [2.05, 4.69) is 22.8 Å². The lowest BCUT2D eigenvalue weighted by Crippen LogP contribution is -2.39. The van der Waals surface area contributed by atoms with Crippen LogP contribution in [0.1, 0.15) is 27.5 Å². The number of ether oxygens (including phenoxy) is 1. The number of rotatable bonds is 6. The summed E-state index contributed by atoms with van der Waals surface area (Å²) >= 11 is 0. The summed E-state index contributed by atoms with van der Waals surface area (Å²) in [5.41, 5.74) is 8.00. The maximum Gasteiger partial charge on any atom is 0.255 e. The Morgan fingerprint density at radius 1 is 1.15 bits per heavy atom. The van der Waals surface area contributed by atoms with Gasteiger partial charge in [0, 0.05) is 12.6 Å². The molecule has 0 saturated carbocycles. The molecule has 1 aliphatic heterocycles. The molecule has 0 saturated heterocycles. The van der Waals surface area contributed by atoms with E-state index in [1.165, 1.54) is 11.1 Å². The van der Waals surface area contributed by atoms with Gasteiger partial charge in [-0.05, 0) is 36.2 Å². The number of carbonyl (C=O) groups is 2. The molecular weight excluding hydrogens is 354 g/mol. The first-order valence-electron chi connectivity index (χ1n) is 8.24. The lowest BCUT2D eigenvalue weighted by Gasteiger charge is -2.27. The predicted molar refractivity (Wildman–Crippen MR) is 102 cm³/mol. The molecule has 0 spiro atoms. The van der Waals surface area contributed by atoms with Gasteiger partial charge in [0.2, 0.25) is 0 Å². The largest absolute Gasteiger partial charge is 0.483 e. The van der Waals surface area contributed by atoms with Crippen molar-refractivity contribution in [2.24, 2.45) is 5.73 Å². The van der Waals surface area contributed by atoms with E-state index in [0.717, 1.165) is 13.0 Å². The Morgan fingerprint density at radius 2 is 1.88 bits per heavy atom. The second-order valence-electron chi connectivity index (χ2n) is 5.92. The van der Waals surface area contributed by atoms with E-state index in [9.17, 15) is 9.59 Å². The molecule has 0 bridgehead atoms. The topological polar surface area (TPSA) is 93.5 Å². The first-order chi connectivity index (χ1) is 12.1. The van der Waals surface area contributed by atoms with E-state index in [-0.39, 0.29) is 31.0 Å². The van der Waals surface area contributed by atoms with Gasteiger partial charge in [-0.1, -0.05) is 36.4 Å². The molecule has 3 rings (SSSR count). The second-order valence-corrected chi connectivity index (χ2v) is 5.92. The third-order valence-corrected chi connectivity index (χ3v) is 4.18. The van der Waals surface area contributed by atoms with Crippen LogP contribution in [-0.2, 0) is 11.2 Å². The smallest absolute Gasteiger partial charge is 0.255 e. The van der Waals surface area contributed by atoms with Crippen LogP contribution in [-0.4, -0.2) is 31.5 Å². The Hall–Kier alpha value is -2.57. The summed E-state index contributed by atoms with van der Waals surface area (Å²) in [6.07, 6.45) is 0.990. The molecule has 2 aromatic carbocycles. The molecule has 1 aliphatic rings. The molecule has 1 heterocycles. The van der Waals surface area contributed by atoms with Crippen molar-refractivity contribution in [2.45, 2.75) is 12.5 Å². The van der Waals surface area contributed by atoms with Crippen LogP contribution in [0.4, 0.5) is 0 Å². The standard InChI is InChI=1S/C19H21N3O3.ClH/c20-18(23)12-25-17-8-4-3-7-15(17)19(24)22-11-16-14-6-2-1-5-13(14)9-10-21-16;/h1-8,16,21H,9-12H2,(H2,20,23)(H,22,24);1H. The number of fused-ring (bicyclic) bond motifs is 1. The first-order valence-corrected chi connectivity index (χ1v) is 8.24. The van der Waals surface area contributed by atoms with E-state index >= 15 is 0 Å².